The molecular weight excluding hydrogens is 411 g/mol. The zero-order valence-electron chi connectivity index (χ0n) is 14.2. The van der Waals surface area contributed by atoms with E-state index in [1.807, 2.05) is 0 Å². The average Bonchev–Trinajstić information content (AvgIpc) is 2.81. The predicted molar refractivity (Wildman–Crippen MR) is 96.0 cm³/mol. The molecule has 0 aliphatic rings. The van der Waals surface area contributed by atoms with Crippen molar-refractivity contribution < 1.29 is 18.4 Å². The molecule has 0 N–H and O–H groups in total. The molecule has 0 radical (unpaired) electrons. The Hall–Kier alpha value is -1.41. The van der Waals surface area contributed by atoms with Crippen LogP contribution in [-0.2, 0) is 18.3 Å². The molecule has 0 saturated heterocycles. The summed E-state index contributed by atoms with van der Waals surface area (Å²) in [5.74, 6) is -1.69. The van der Waals surface area contributed by atoms with Crippen molar-refractivity contribution in [1.29, 1.82) is 0 Å². The molecule has 26 heavy (non-hydrogen) atoms. The molecule has 1 amide bonds. The van der Waals surface area contributed by atoms with Gasteiger partial charge >= 0.3 is 0 Å². The smallest absolute Gasteiger partial charge is 0.274 e. The molecule has 2 aromatic rings. The Morgan fingerprint density at radius 1 is 1.35 bits per heavy atom. The molecule has 142 valence electrons. The summed E-state index contributed by atoms with van der Waals surface area (Å²) in [5.41, 5.74) is 0.275. The number of aryl methyl sites for hydroxylation is 2. The highest BCUT2D eigenvalue weighted by molar-refractivity contribution is 6.39. The van der Waals surface area contributed by atoms with Crippen LogP contribution in [0.3, 0.4) is 0 Å². The lowest BCUT2D eigenvalue weighted by atomic mass is 10.1. The Morgan fingerprint density at radius 2 is 1.92 bits per heavy atom. The molecule has 0 aliphatic heterocycles. The van der Waals surface area contributed by atoms with E-state index in [2.05, 4.69) is 5.10 Å². The number of alkyl halides is 1. The molecule has 0 spiro atoms. The number of aromatic nitrogens is 2. The van der Waals surface area contributed by atoms with E-state index >= 15 is 0 Å². The second kappa shape index (κ2) is 8.52. The van der Waals surface area contributed by atoms with Crippen LogP contribution in [0.1, 0.15) is 21.6 Å². The first kappa shape index (κ1) is 20.9. The number of amides is 1. The molecule has 10 heteroatoms. The number of hydrogen-bond acceptors (Lipinski definition) is 3. The number of carbonyl (C=O) groups is 1. The van der Waals surface area contributed by atoms with Crippen molar-refractivity contribution in [2.24, 2.45) is 7.05 Å². The zero-order valence-corrected chi connectivity index (χ0v) is 16.5. The van der Waals surface area contributed by atoms with Crippen LogP contribution in [-0.4, -0.2) is 40.6 Å². The van der Waals surface area contributed by atoms with Gasteiger partial charge in [-0.25, -0.2) is 14.1 Å². The quantitative estimate of drug-likeness (QED) is 0.643. The molecular formula is C16H16Cl3F2N3O2. The van der Waals surface area contributed by atoms with Gasteiger partial charge in [-0.15, -0.1) is 0 Å². The van der Waals surface area contributed by atoms with E-state index in [1.165, 1.54) is 33.2 Å². The van der Waals surface area contributed by atoms with E-state index in [1.54, 1.807) is 0 Å². The van der Waals surface area contributed by atoms with Crippen molar-refractivity contribution in [1.82, 2.24) is 14.8 Å². The molecule has 5 nitrogen and oxygen atoms in total. The maximum absolute atomic E-state index is 14.2. The monoisotopic (exact) mass is 425 g/mol. The minimum Gasteiger partial charge on any atom is -0.274 e. The summed E-state index contributed by atoms with van der Waals surface area (Å²) >= 11 is 18.1. The molecule has 0 aliphatic carbocycles. The van der Waals surface area contributed by atoms with Crippen LogP contribution in [0.5, 0.6) is 0 Å². The lowest BCUT2D eigenvalue weighted by Crippen LogP contribution is -2.42. The summed E-state index contributed by atoms with van der Waals surface area (Å²) in [6.45, 7) is 0.511. The van der Waals surface area contributed by atoms with Gasteiger partial charge in [0.15, 0.2) is 0 Å². The topological polar surface area (TPSA) is 47.4 Å². The standard InChI is InChI=1S/C16H16Cl3F2N3O2/c1-8-14(15(21)23(2)22-8)16(25)24(26-3)10(7-20)6-11-12(18)4-9(17)5-13(11)19/h4-5,10H,6-7H2,1-3H3. The van der Waals surface area contributed by atoms with Crippen LogP contribution in [0.4, 0.5) is 8.78 Å². The van der Waals surface area contributed by atoms with Gasteiger partial charge in [0, 0.05) is 28.5 Å². The molecule has 1 aromatic carbocycles. The van der Waals surface area contributed by atoms with Crippen molar-refractivity contribution >= 4 is 40.7 Å². The molecule has 1 unspecified atom stereocenters. The van der Waals surface area contributed by atoms with E-state index in [9.17, 15) is 13.6 Å². The number of hydroxylamine groups is 2. The molecule has 0 fully saturated rings. The van der Waals surface area contributed by atoms with Crippen LogP contribution in [0.15, 0.2) is 12.1 Å². The maximum Gasteiger partial charge on any atom is 0.284 e. The number of carbonyl (C=O) groups excluding carboxylic acids is 1. The zero-order chi connectivity index (χ0) is 19.6. The summed E-state index contributed by atoms with van der Waals surface area (Å²) in [6.07, 6.45) is -0.0498. The molecule has 1 atom stereocenters. The summed E-state index contributed by atoms with van der Waals surface area (Å²) < 4.78 is 28.8. The van der Waals surface area contributed by atoms with Crippen molar-refractivity contribution in [3.8, 4) is 0 Å². The molecule has 0 saturated carbocycles. The van der Waals surface area contributed by atoms with Gasteiger partial charge in [0.25, 0.3) is 5.91 Å². The van der Waals surface area contributed by atoms with Crippen molar-refractivity contribution in [3.63, 3.8) is 0 Å². The van der Waals surface area contributed by atoms with Gasteiger partial charge in [0.05, 0.1) is 18.8 Å². The van der Waals surface area contributed by atoms with E-state index < -0.39 is 24.6 Å². The van der Waals surface area contributed by atoms with E-state index in [-0.39, 0.29) is 27.7 Å². The number of benzene rings is 1. The minimum atomic E-state index is -1.08. The lowest BCUT2D eigenvalue weighted by Gasteiger charge is -2.28. The Bertz CT molecular complexity index is 806. The molecule has 0 bridgehead atoms. The minimum absolute atomic E-state index is 0.0498. The van der Waals surface area contributed by atoms with E-state index in [4.69, 9.17) is 39.6 Å². The number of halogens is 5. The van der Waals surface area contributed by atoms with Gasteiger partial charge < -0.3 is 0 Å². The van der Waals surface area contributed by atoms with Gasteiger partial charge in [-0.05, 0) is 24.6 Å². The fourth-order valence-corrected chi connectivity index (χ4v) is 3.56. The van der Waals surface area contributed by atoms with Gasteiger partial charge in [0.2, 0.25) is 5.95 Å². The SMILES string of the molecule is CON(C(=O)c1c(C)nn(C)c1F)C(CF)Cc1c(Cl)cc(Cl)cc1Cl. The Morgan fingerprint density at radius 3 is 2.35 bits per heavy atom. The Balaban J connectivity index is 2.36. The van der Waals surface area contributed by atoms with Crippen molar-refractivity contribution in [3.05, 3.63) is 50.0 Å². The highest BCUT2D eigenvalue weighted by Gasteiger charge is 2.32. The van der Waals surface area contributed by atoms with Crippen molar-refractivity contribution in [2.75, 3.05) is 13.8 Å². The highest BCUT2D eigenvalue weighted by Crippen LogP contribution is 2.31. The molecule has 1 heterocycles. The third kappa shape index (κ3) is 4.11. The highest BCUT2D eigenvalue weighted by atomic mass is 35.5. The molecule has 2 rings (SSSR count). The average molecular weight is 427 g/mol. The van der Waals surface area contributed by atoms with Gasteiger partial charge in [-0.2, -0.15) is 9.49 Å². The summed E-state index contributed by atoms with van der Waals surface area (Å²) in [5, 5.41) is 5.39. The summed E-state index contributed by atoms with van der Waals surface area (Å²) in [4.78, 5) is 17.7. The van der Waals surface area contributed by atoms with Gasteiger partial charge in [-0.3, -0.25) is 9.63 Å². The summed E-state index contributed by atoms with van der Waals surface area (Å²) in [6, 6.07) is 1.84. The van der Waals surface area contributed by atoms with Crippen LogP contribution in [0, 0.1) is 12.9 Å². The van der Waals surface area contributed by atoms with Crippen molar-refractivity contribution in [2.45, 2.75) is 19.4 Å². The van der Waals surface area contributed by atoms with Gasteiger partial charge in [0.1, 0.15) is 12.2 Å². The lowest BCUT2D eigenvalue weighted by molar-refractivity contribution is -0.127. The second-order valence-corrected chi connectivity index (χ2v) is 6.80. The second-order valence-electron chi connectivity index (χ2n) is 5.55. The number of nitrogens with zero attached hydrogens (tertiary/aromatic N) is 3. The van der Waals surface area contributed by atoms with E-state index in [0.717, 1.165) is 9.75 Å². The number of hydrogen-bond donors (Lipinski definition) is 0. The van der Waals surface area contributed by atoms with E-state index in [0.29, 0.717) is 10.6 Å². The Kier molecular flexibility index (Phi) is 6.85. The predicted octanol–water partition coefficient (Wildman–Crippen LogP) is 4.41. The normalized spacial score (nSPS) is 12.3. The first-order valence-corrected chi connectivity index (χ1v) is 8.60. The van der Waals surface area contributed by atoms with Crippen LogP contribution in [0.25, 0.3) is 0 Å². The van der Waals surface area contributed by atoms with Crippen LogP contribution in [0.2, 0.25) is 15.1 Å². The van der Waals surface area contributed by atoms with Crippen LogP contribution < -0.4 is 0 Å². The first-order valence-electron chi connectivity index (χ1n) is 7.47. The van der Waals surface area contributed by atoms with Crippen LogP contribution >= 0.6 is 34.8 Å². The third-order valence-electron chi connectivity index (χ3n) is 3.82. The fraction of sp³-hybridized carbons (Fsp3) is 0.375. The maximum atomic E-state index is 14.2. The fourth-order valence-electron chi connectivity index (χ4n) is 2.58. The summed E-state index contributed by atoms with van der Waals surface area (Å²) in [7, 11) is 2.55. The molecule has 1 aromatic heterocycles. The van der Waals surface area contributed by atoms with Gasteiger partial charge in [-0.1, -0.05) is 34.8 Å². The Labute approximate surface area is 164 Å². The third-order valence-corrected chi connectivity index (χ3v) is 4.71. The first-order chi connectivity index (χ1) is 12.2. The number of rotatable bonds is 6. The largest absolute Gasteiger partial charge is 0.284 e.